The number of rotatable bonds is 6. The second kappa shape index (κ2) is 5.45. The van der Waals surface area contributed by atoms with Gasteiger partial charge in [0.05, 0.1) is 18.1 Å². The average molecular weight is 276 g/mol. The van der Waals surface area contributed by atoms with Crippen LogP contribution >= 0.6 is 0 Å². The first kappa shape index (κ1) is 14.2. The lowest BCUT2D eigenvalue weighted by molar-refractivity contribution is 0.0451. The van der Waals surface area contributed by atoms with E-state index in [2.05, 4.69) is 4.90 Å². The molecule has 0 amide bonds. The molecule has 0 aromatic heterocycles. The van der Waals surface area contributed by atoms with E-state index in [4.69, 9.17) is 10.5 Å². The predicted octanol–water partition coefficient (Wildman–Crippen LogP) is 0.00330. The topological polar surface area (TPSA) is 72.6 Å². The highest BCUT2D eigenvalue weighted by atomic mass is 32.2. The Morgan fingerprint density at radius 1 is 1.33 bits per heavy atom. The van der Waals surface area contributed by atoms with E-state index >= 15 is 0 Å². The minimum absolute atomic E-state index is 0.120. The highest BCUT2D eigenvalue weighted by molar-refractivity contribution is 7.91. The van der Waals surface area contributed by atoms with Gasteiger partial charge in [0.1, 0.15) is 9.84 Å². The molecule has 0 aromatic carbocycles. The SMILES string of the molecule is COCCN(C1CC1)C1(CN)CCS(=O)(=O)CC1. The van der Waals surface area contributed by atoms with E-state index in [-0.39, 0.29) is 17.0 Å². The van der Waals surface area contributed by atoms with E-state index < -0.39 is 9.84 Å². The quantitative estimate of drug-likeness (QED) is 0.739. The summed E-state index contributed by atoms with van der Waals surface area (Å²) in [6, 6.07) is 0.588. The lowest BCUT2D eigenvalue weighted by atomic mass is 9.89. The molecule has 0 bridgehead atoms. The van der Waals surface area contributed by atoms with Crippen LogP contribution in [0.25, 0.3) is 0 Å². The number of ether oxygens (including phenoxy) is 1. The summed E-state index contributed by atoms with van der Waals surface area (Å²) in [4.78, 5) is 2.42. The molecule has 0 unspecified atom stereocenters. The number of hydrogen-bond acceptors (Lipinski definition) is 5. The van der Waals surface area contributed by atoms with E-state index in [1.54, 1.807) is 7.11 Å². The zero-order valence-electron chi connectivity index (χ0n) is 11.1. The molecule has 1 aliphatic carbocycles. The number of methoxy groups -OCH3 is 1. The molecule has 106 valence electrons. The van der Waals surface area contributed by atoms with Gasteiger partial charge in [-0.05, 0) is 25.7 Å². The Labute approximate surface area is 110 Å². The van der Waals surface area contributed by atoms with Crippen molar-refractivity contribution in [1.82, 2.24) is 4.90 Å². The van der Waals surface area contributed by atoms with Crippen LogP contribution in [0.3, 0.4) is 0 Å². The molecule has 18 heavy (non-hydrogen) atoms. The van der Waals surface area contributed by atoms with Crippen LogP contribution in [0, 0.1) is 0 Å². The molecule has 0 spiro atoms. The Balaban J connectivity index is 2.09. The van der Waals surface area contributed by atoms with Gasteiger partial charge in [-0.3, -0.25) is 4.90 Å². The van der Waals surface area contributed by atoms with Crippen molar-refractivity contribution in [2.45, 2.75) is 37.3 Å². The van der Waals surface area contributed by atoms with Crippen molar-refractivity contribution in [3.63, 3.8) is 0 Å². The molecule has 1 saturated heterocycles. The zero-order valence-corrected chi connectivity index (χ0v) is 11.9. The van der Waals surface area contributed by atoms with Crippen LogP contribution in [-0.4, -0.2) is 63.2 Å². The lowest BCUT2D eigenvalue weighted by Crippen LogP contribution is -2.59. The van der Waals surface area contributed by atoms with Crippen molar-refractivity contribution in [2.24, 2.45) is 5.73 Å². The van der Waals surface area contributed by atoms with Gasteiger partial charge in [-0.15, -0.1) is 0 Å². The van der Waals surface area contributed by atoms with Crippen molar-refractivity contribution in [2.75, 3.05) is 38.3 Å². The monoisotopic (exact) mass is 276 g/mol. The van der Waals surface area contributed by atoms with Crippen LogP contribution in [0.15, 0.2) is 0 Å². The maximum absolute atomic E-state index is 11.6. The van der Waals surface area contributed by atoms with E-state index in [1.165, 1.54) is 12.8 Å². The smallest absolute Gasteiger partial charge is 0.150 e. The molecular weight excluding hydrogens is 252 g/mol. The molecule has 6 heteroatoms. The molecule has 5 nitrogen and oxygen atoms in total. The minimum atomic E-state index is -2.84. The fourth-order valence-corrected chi connectivity index (χ4v) is 4.50. The minimum Gasteiger partial charge on any atom is -0.383 e. The fraction of sp³-hybridized carbons (Fsp3) is 1.00. The van der Waals surface area contributed by atoms with Crippen molar-refractivity contribution < 1.29 is 13.2 Å². The third kappa shape index (κ3) is 3.04. The molecule has 0 aromatic rings. The van der Waals surface area contributed by atoms with E-state index in [0.29, 0.717) is 32.0 Å². The maximum Gasteiger partial charge on any atom is 0.150 e. The number of hydrogen-bond donors (Lipinski definition) is 1. The van der Waals surface area contributed by atoms with Crippen LogP contribution in [0.1, 0.15) is 25.7 Å². The number of sulfone groups is 1. The first-order valence-corrected chi connectivity index (χ1v) is 8.51. The van der Waals surface area contributed by atoms with Gasteiger partial charge < -0.3 is 10.5 Å². The third-order valence-electron chi connectivity index (χ3n) is 4.27. The Hall–Kier alpha value is -0.170. The molecule has 0 atom stereocenters. The lowest BCUT2D eigenvalue weighted by Gasteiger charge is -2.46. The van der Waals surface area contributed by atoms with Gasteiger partial charge in [0, 0.05) is 31.8 Å². The van der Waals surface area contributed by atoms with Crippen molar-refractivity contribution >= 4 is 9.84 Å². The molecule has 1 saturated carbocycles. The summed E-state index contributed by atoms with van der Waals surface area (Å²) >= 11 is 0. The largest absolute Gasteiger partial charge is 0.383 e. The van der Waals surface area contributed by atoms with Gasteiger partial charge in [-0.1, -0.05) is 0 Å². The van der Waals surface area contributed by atoms with Crippen LogP contribution in [-0.2, 0) is 14.6 Å². The van der Waals surface area contributed by atoms with E-state index in [0.717, 1.165) is 6.54 Å². The summed E-state index contributed by atoms with van der Waals surface area (Å²) in [7, 11) is -1.14. The molecule has 2 N–H and O–H groups in total. The van der Waals surface area contributed by atoms with Crippen LogP contribution in [0.2, 0.25) is 0 Å². The van der Waals surface area contributed by atoms with Gasteiger partial charge in [0.15, 0.2) is 0 Å². The molecule has 0 radical (unpaired) electrons. The van der Waals surface area contributed by atoms with E-state index in [9.17, 15) is 8.42 Å². The van der Waals surface area contributed by atoms with Crippen molar-refractivity contribution in [1.29, 1.82) is 0 Å². The third-order valence-corrected chi connectivity index (χ3v) is 5.92. The second-order valence-corrected chi connectivity index (χ2v) is 7.80. The average Bonchev–Trinajstić information content (AvgIpc) is 3.16. The Morgan fingerprint density at radius 2 is 1.94 bits per heavy atom. The van der Waals surface area contributed by atoms with Gasteiger partial charge >= 0.3 is 0 Å². The Kier molecular flexibility index (Phi) is 4.31. The van der Waals surface area contributed by atoms with Crippen LogP contribution < -0.4 is 5.73 Å². The van der Waals surface area contributed by atoms with Crippen LogP contribution in [0.4, 0.5) is 0 Å². The fourth-order valence-electron chi connectivity index (χ4n) is 2.91. The maximum atomic E-state index is 11.6. The number of nitrogens with zero attached hydrogens (tertiary/aromatic N) is 1. The molecule has 2 fully saturated rings. The highest BCUT2D eigenvalue weighted by Crippen LogP contribution is 2.38. The predicted molar refractivity (Wildman–Crippen MR) is 71.3 cm³/mol. The van der Waals surface area contributed by atoms with Crippen LogP contribution in [0.5, 0.6) is 0 Å². The summed E-state index contributed by atoms with van der Waals surface area (Å²) < 4.78 is 28.4. The standard InChI is InChI=1S/C12H24N2O3S/c1-17-7-6-14(11-2-3-11)12(10-13)4-8-18(15,16)9-5-12/h11H,2-10,13H2,1H3. The summed E-state index contributed by atoms with van der Waals surface area (Å²) in [6.45, 7) is 2.09. The van der Waals surface area contributed by atoms with Crippen molar-refractivity contribution in [3.8, 4) is 0 Å². The molecule has 2 aliphatic rings. The molecule has 2 rings (SSSR count). The zero-order chi connectivity index (χ0) is 13.2. The van der Waals surface area contributed by atoms with Gasteiger partial charge in [-0.2, -0.15) is 0 Å². The molecular formula is C12H24N2O3S. The summed E-state index contributed by atoms with van der Waals surface area (Å²) in [6.07, 6.45) is 3.76. The van der Waals surface area contributed by atoms with Gasteiger partial charge in [0.2, 0.25) is 0 Å². The Bertz CT molecular complexity index is 365. The summed E-state index contributed by atoms with van der Waals surface area (Å²) in [5, 5.41) is 0. The molecule has 1 heterocycles. The van der Waals surface area contributed by atoms with Gasteiger partial charge in [0.25, 0.3) is 0 Å². The first-order valence-electron chi connectivity index (χ1n) is 6.69. The molecule has 1 aliphatic heterocycles. The normalized spacial score (nSPS) is 26.4. The summed E-state index contributed by atoms with van der Waals surface area (Å²) in [5.74, 6) is 0.556. The number of nitrogens with two attached hydrogens (primary N) is 1. The summed E-state index contributed by atoms with van der Waals surface area (Å²) in [5.41, 5.74) is 5.87. The van der Waals surface area contributed by atoms with Crippen molar-refractivity contribution in [3.05, 3.63) is 0 Å². The Morgan fingerprint density at radius 3 is 2.39 bits per heavy atom. The second-order valence-electron chi connectivity index (χ2n) is 5.50. The highest BCUT2D eigenvalue weighted by Gasteiger charge is 2.46. The van der Waals surface area contributed by atoms with E-state index in [1.807, 2.05) is 0 Å². The van der Waals surface area contributed by atoms with Gasteiger partial charge in [-0.25, -0.2) is 8.42 Å². The first-order chi connectivity index (χ1) is 8.53.